The van der Waals surface area contributed by atoms with Crippen LogP contribution < -0.4 is 0 Å². The van der Waals surface area contributed by atoms with E-state index in [0.717, 1.165) is 12.8 Å². The molecule has 1 unspecified atom stereocenters. The van der Waals surface area contributed by atoms with Crippen molar-refractivity contribution in [2.45, 2.75) is 25.9 Å². The van der Waals surface area contributed by atoms with Crippen molar-refractivity contribution in [1.29, 1.82) is 0 Å². The van der Waals surface area contributed by atoms with Gasteiger partial charge in [0.2, 0.25) is 0 Å². The van der Waals surface area contributed by atoms with Gasteiger partial charge in [-0.1, -0.05) is 13.3 Å². The maximum atomic E-state index is 9.47. The molecule has 0 spiro atoms. The van der Waals surface area contributed by atoms with E-state index in [1.807, 2.05) is 11.8 Å². The van der Waals surface area contributed by atoms with Gasteiger partial charge >= 0.3 is 0 Å². The van der Waals surface area contributed by atoms with E-state index >= 15 is 0 Å². The van der Waals surface area contributed by atoms with Gasteiger partial charge in [-0.3, -0.25) is 4.90 Å². The van der Waals surface area contributed by atoms with Crippen LogP contribution in [0, 0.1) is 0 Å². The van der Waals surface area contributed by atoms with Crippen molar-refractivity contribution in [1.82, 2.24) is 4.90 Å². The summed E-state index contributed by atoms with van der Waals surface area (Å²) in [7, 11) is 0. The summed E-state index contributed by atoms with van der Waals surface area (Å²) in [6.45, 7) is 3.72. The molecule has 13 heavy (non-hydrogen) atoms. The summed E-state index contributed by atoms with van der Waals surface area (Å²) >= 11 is 0. The normalized spacial score (nSPS) is 13.6. The van der Waals surface area contributed by atoms with E-state index in [1.54, 1.807) is 0 Å². The first-order chi connectivity index (χ1) is 6.24. The third-order valence-electron chi connectivity index (χ3n) is 1.92. The van der Waals surface area contributed by atoms with Gasteiger partial charge in [0.15, 0.2) is 0 Å². The first-order valence-electron chi connectivity index (χ1n) is 4.86. The van der Waals surface area contributed by atoms with E-state index in [1.165, 1.54) is 0 Å². The van der Waals surface area contributed by atoms with Crippen LogP contribution in [0.5, 0.6) is 0 Å². The number of aliphatic hydroxyl groups excluding tert-OH is 3. The number of aliphatic hydroxyl groups is 3. The zero-order valence-electron chi connectivity index (χ0n) is 8.32. The monoisotopic (exact) mass is 191 g/mol. The third kappa shape index (κ3) is 6.95. The van der Waals surface area contributed by atoms with Crippen LogP contribution in [0.1, 0.15) is 19.8 Å². The van der Waals surface area contributed by atoms with E-state index in [9.17, 15) is 5.11 Å². The van der Waals surface area contributed by atoms with Gasteiger partial charge in [0.05, 0.1) is 19.3 Å². The molecule has 3 N–H and O–H groups in total. The molecule has 0 bridgehead atoms. The number of hydrogen-bond donors (Lipinski definition) is 3. The number of hydrogen-bond acceptors (Lipinski definition) is 4. The fraction of sp³-hybridized carbons (Fsp3) is 1.00. The molecule has 0 aliphatic carbocycles. The van der Waals surface area contributed by atoms with Gasteiger partial charge in [-0.25, -0.2) is 0 Å². The zero-order valence-corrected chi connectivity index (χ0v) is 8.32. The molecule has 0 aliphatic rings. The first kappa shape index (κ1) is 12.8. The smallest absolute Gasteiger partial charge is 0.0667 e. The Bertz CT molecular complexity index is 105. The van der Waals surface area contributed by atoms with E-state index in [-0.39, 0.29) is 19.3 Å². The average molecular weight is 191 g/mol. The molecular weight excluding hydrogens is 170 g/mol. The molecule has 0 amide bonds. The van der Waals surface area contributed by atoms with E-state index in [0.29, 0.717) is 19.6 Å². The maximum absolute atomic E-state index is 9.47. The molecular formula is C9H21NO3. The summed E-state index contributed by atoms with van der Waals surface area (Å²) in [5.41, 5.74) is 0. The van der Waals surface area contributed by atoms with Crippen LogP contribution in [-0.4, -0.2) is 59.2 Å². The Hall–Kier alpha value is -0.160. The van der Waals surface area contributed by atoms with E-state index in [2.05, 4.69) is 0 Å². The van der Waals surface area contributed by atoms with Crippen molar-refractivity contribution < 1.29 is 15.3 Å². The zero-order chi connectivity index (χ0) is 10.1. The van der Waals surface area contributed by atoms with Crippen LogP contribution in [0.2, 0.25) is 0 Å². The Balaban J connectivity index is 3.64. The first-order valence-corrected chi connectivity index (χ1v) is 4.86. The van der Waals surface area contributed by atoms with Crippen LogP contribution in [0.15, 0.2) is 0 Å². The summed E-state index contributed by atoms with van der Waals surface area (Å²) in [5.74, 6) is 0. The summed E-state index contributed by atoms with van der Waals surface area (Å²) in [6.07, 6.45) is 1.38. The molecule has 1 atom stereocenters. The lowest BCUT2D eigenvalue weighted by atomic mass is 10.2. The lowest BCUT2D eigenvalue weighted by Crippen LogP contribution is -2.36. The molecule has 0 radical (unpaired) electrons. The van der Waals surface area contributed by atoms with Gasteiger partial charge in [-0.05, 0) is 6.42 Å². The molecule has 0 heterocycles. The van der Waals surface area contributed by atoms with Crippen molar-refractivity contribution in [3.63, 3.8) is 0 Å². The Labute approximate surface area is 79.8 Å². The maximum Gasteiger partial charge on any atom is 0.0667 e. The minimum absolute atomic E-state index is 0.0683. The highest BCUT2D eigenvalue weighted by molar-refractivity contribution is 4.63. The van der Waals surface area contributed by atoms with Crippen molar-refractivity contribution >= 4 is 0 Å². The highest BCUT2D eigenvalue weighted by atomic mass is 16.3. The SMILES string of the molecule is CCCC(O)CN(CCO)CCO. The molecule has 0 aromatic heterocycles. The fourth-order valence-electron chi connectivity index (χ4n) is 1.30. The molecule has 0 saturated heterocycles. The molecule has 0 aromatic rings. The molecule has 80 valence electrons. The van der Waals surface area contributed by atoms with Crippen molar-refractivity contribution in [2.24, 2.45) is 0 Å². The highest BCUT2D eigenvalue weighted by Gasteiger charge is 2.09. The highest BCUT2D eigenvalue weighted by Crippen LogP contribution is 1.99. The predicted octanol–water partition coefficient (Wildman–Crippen LogP) is -0.566. The largest absolute Gasteiger partial charge is 0.395 e. The molecule has 0 aromatic carbocycles. The molecule has 4 nitrogen and oxygen atoms in total. The van der Waals surface area contributed by atoms with Crippen molar-refractivity contribution in [3.05, 3.63) is 0 Å². The lowest BCUT2D eigenvalue weighted by molar-refractivity contribution is 0.0821. The van der Waals surface area contributed by atoms with Crippen LogP contribution >= 0.6 is 0 Å². The molecule has 0 fully saturated rings. The van der Waals surface area contributed by atoms with Crippen LogP contribution in [0.3, 0.4) is 0 Å². The Morgan fingerprint density at radius 3 is 2.08 bits per heavy atom. The summed E-state index contributed by atoms with van der Waals surface area (Å²) in [4.78, 5) is 1.86. The van der Waals surface area contributed by atoms with E-state index < -0.39 is 0 Å². The summed E-state index contributed by atoms with van der Waals surface area (Å²) in [6, 6.07) is 0. The standard InChI is InChI=1S/C9H21NO3/c1-2-3-9(13)8-10(4-6-11)5-7-12/h9,11-13H,2-8H2,1H3. The van der Waals surface area contributed by atoms with Gasteiger partial charge in [0, 0.05) is 19.6 Å². The van der Waals surface area contributed by atoms with Crippen molar-refractivity contribution in [3.8, 4) is 0 Å². The molecule has 0 aliphatic heterocycles. The topological polar surface area (TPSA) is 63.9 Å². The summed E-state index contributed by atoms with van der Waals surface area (Å²) in [5, 5.41) is 26.9. The van der Waals surface area contributed by atoms with Gasteiger partial charge in [0.25, 0.3) is 0 Å². The average Bonchev–Trinajstić information content (AvgIpc) is 2.05. The number of nitrogens with zero attached hydrogens (tertiary/aromatic N) is 1. The van der Waals surface area contributed by atoms with E-state index in [4.69, 9.17) is 10.2 Å². The van der Waals surface area contributed by atoms with Crippen LogP contribution in [-0.2, 0) is 0 Å². The second kappa shape index (κ2) is 8.44. The second-order valence-electron chi connectivity index (χ2n) is 3.19. The van der Waals surface area contributed by atoms with Crippen LogP contribution in [0.4, 0.5) is 0 Å². The fourth-order valence-corrected chi connectivity index (χ4v) is 1.30. The second-order valence-corrected chi connectivity index (χ2v) is 3.19. The van der Waals surface area contributed by atoms with Gasteiger partial charge in [-0.15, -0.1) is 0 Å². The quantitative estimate of drug-likeness (QED) is 0.481. The van der Waals surface area contributed by atoms with Crippen LogP contribution in [0.25, 0.3) is 0 Å². The minimum Gasteiger partial charge on any atom is -0.395 e. The van der Waals surface area contributed by atoms with Gasteiger partial charge in [0.1, 0.15) is 0 Å². The minimum atomic E-state index is -0.344. The Morgan fingerprint density at radius 1 is 1.15 bits per heavy atom. The van der Waals surface area contributed by atoms with Gasteiger partial charge < -0.3 is 15.3 Å². The third-order valence-corrected chi connectivity index (χ3v) is 1.92. The summed E-state index contributed by atoms with van der Waals surface area (Å²) < 4.78 is 0. The lowest BCUT2D eigenvalue weighted by Gasteiger charge is -2.22. The molecule has 0 saturated carbocycles. The van der Waals surface area contributed by atoms with Gasteiger partial charge in [-0.2, -0.15) is 0 Å². The predicted molar refractivity (Wildman–Crippen MR) is 51.5 cm³/mol. The Morgan fingerprint density at radius 2 is 1.69 bits per heavy atom. The van der Waals surface area contributed by atoms with Crippen molar-refractivity contribution in [2.75, 3.05) is 32.8 Å². The number of rotatable bonds is 8. The Kier molecular flexibility index (Phi) is 8.33. The molecule has 4 heteroatoms. The molecule has 0 rings (SSSR count).